The number of nitrogens with zero attached hydrogens (tertiary/aromatic N) is 3. The van der Waals surface area contributed by atoms with Crippen molar-refractivity contribution in [1.29, 1.82) is 0 Å². The Labute approximate surface area is 189 Å². The van der Waals surface area contributed by atoms with Crippen molar-refractivity contribution in [3.63, 3.8) is 0 Å². The van der Waals surface area contributed by atoms with Gasteiger partial charge in [0.1, 0.15) is 0 Å². The summed E-state index contributed by atoms with van der Waals surface area (Å²) in [7, 11) is 0. The fourth-order valence-corrected chi connectivity index (χ4v) is 6.14. The van der Waals surface area contributed by atoms with Gasteiger partial charge < -0.3 is 14.9 Å². The minimum absolute atomic E-state index is 0.0451. The monoisotopic (exact) mass is 433 g/mol. The van der Waals surface area contributed by atoms with Gasteiger partial charge >= 0.3 is 0 Å². The van der Waals surface area contributed by atoms with Crippen LogP contribution < -0.4 is 0 Å². The van der Waals surface area contributed by atoms with Crippen LogP contribution in [0.2, 0.25) is 0 Å². The predicted octanol–water partition coefficient (Wildman–Crippen LogP) is 2.77. The number of rotatable bonds is 5. The molecule has 0 radical (unpaired) electrons. The number of amides is 2. The van der Waals surface area contributed by atoms with Crippen LogP contribution in [-0.2, 0) is 16.0 Å². The zero-order valence-corrected chi connectivity index (χ0v) is 18.4. The van der Waals surface area contributed by atoms with Crippen molar-refractivity contribution in [2.24, 2.45) is 5.92 Å². The SMILES string of the molecule is O=C(Cc1cccnc1)N1CC2(C1)[C@H](c1ccccc1)[C@@H](CO)N2C(=O)C1CCCCC1. The maximum Gasteiger partial charge on any atom is 0.227 e. The molecule has 5 rings (SSSR count). The third-order valence-electron chi connectivity index (χ3n) is 7.67. The van der Waals surface area contributed by atoms with E-state index >= 15 is 0 Å². The highest BCUT2D eigenvalue weighted by atomic mass is 16.3. The smallest absolute Gasteiger partial charge is 0.227 e. The normalized spacial score (nSPS) is 24.7. The van der Waals surface area contributed by atoms with E-state index in [1.807, 2.05) is 40.1 Å². The van der Waals surface area contributed by atoms with Gasteiger partial charge in [0.05, 0.1) is 24.6 Å². The predicted molar refractivity (Wildman–Crippen MR) is 121 cm³/mol. The van der Waals surface area contributed by atoms with Gasteiger partial charge in [0.15, 0.2) is 0 Å². The van der Waals surface area contributed by atoms with E-state index in [2.05, 4.69) is 17.1 Å². The summed E-state index contributed by atoms with van der Waals surface area (Å²) in [6.07, 6.45) is 9.01. The van der Waals surface area contributed by atoms with Crippen molar-refractivity contribution in [2.45, 2.75) is 56.0 Å². The van der Waals surface area contributed by atoms with Crippen LogP contribution in [0, 0.1) is 5.92 Å². The van der Waals surface area contributed by atoms with E-state index < -0.39 is 5.54 Å². The summed E-state index contributed by atoms with van der Waals surface area (Å²) in [6.45, 7) is 1.00. The molecule has 1 aromatic carbocycles. The first-order chi connectivity index (χ1) is 15.6. The maximum atomic E-state index is 13.6. The molecule has 1 N–H and O–H groups in total. The molecule has 168 valence electrons. The Morgan fingerprint density at radius 3 is 2.44 bits per heavy atom. The van der Waals surface area contributed by atoms with Gasteiger partial charge in [-0.3, -0.25) is 14.6 Å². The molecular formula is C26H31N3O3. The van der Waals surface area contributed by atoms with E-state index in [0.29, 0.717) is 19.5 Å². The van der Waals surface area contributed by atoms with Gasteiger partial charge in [-0.2, -0.15) is 0 Å². The number of carbonyl (C=O) groups is 2. The summed E-state index contributed by atoms with van der Waals surface area (Å²) in [5.41, 5.74) is 1.63. The van der Waals surface area contributed by atoms with Gasteiger partial charge in [-0.1, -0.05) is 55.7 Å². The molecule has 1 spiro atoms. The average Bonchev–Trinajstić information content (AvgIpc) is 2.79. The maximum absolute atomic E-state index is 13.6. The zero-order valence-electron chi connectivity index (χ0n) is 18.4. The first-order valence-electron chi connectivity index (χ1n) is 11.8. The second-order valence-electron chi connectivity index (χ2n) is 9.57. The lowest BCUT2D eigenvalue weighted by Gasteiger charge is -2.71. The Morgan fingerprint density at radius 2 is 1.78 bits per heavy atom. The van der Waals surface area contributed by atoms with E-state index in [4.69, 9.17) is 0 Å². The van der Waals surface area contributed by atoms with Crippen LogP contribution in [-0.4, -0.2) is 63.0 Å². The molecule has 1 saturated carbocycles. The lowest BCUT2D eigenvalue weighted by Crippen LogP contribution is -2.86. The Bertz CT molecular complexity index is 953. The topological polar surface area (TPSA) is 73.7 Å². The molecule has 1 aliphatic carbocycles. The van der Waals surface area contributed by atoms with E-state index in [0.717, 1.165) is 36.8 Å². The van der Waals surface area contributed by atoms with Crippen LogP contribution in [0.3, 0.4) is 0 Å². The number of aliphatic hydroxyl groups excluding tert-OH is 1. The van der Waals surface area contributed by atoms with Crippen LogP contribution in [0.25, 0.3) is 0 Å². The third-order valence-corrected chi connectivity index (χ3v) is 7.67. The number of aromatic nitrogens is 1. The Balaban J connectivity index is 1.38. The molecule has 1 aromatic heterocycles. The fraction of sp³-hybridized carbons (Fsp3) is 0.500. The molecule has 0 bridgehead atoms. The van der Waals surface area contributed by atoms with E-state index in [9.17, 15) is 14.7 Å². The third kappa shape index (κ3) is 3.51. The van der Waals surface area contributed by atoms with Gasteiger partial charge in [0.25, 0.3) is 0 Å². The number of hydrogen-bond donors (Lipinski definition) is 1. The van der Waals surface area contributed by atoms with Gasteiger partial charge in [-0.15, -0.1) is 0 Å². The molecule has 2 aliphatic heterocycles. The Morgan fingerprint density at radius 1 is 1.03 bits per heavy atom. The van der Waals surface area contributed by atoms with E-state index in [1.165, 1.54) is 6.42 Å². The number of benzene rings is 1. The first kappa shape index (κ1) is 21.1. The lowest BCUT2D eigenvalue weighted by atomic mass is 9.60. The Hall–Kier alpha value is -2.73. The van der Waals surface area contributed by atoms with Crippen LogP contribution in [0.15, 0.2) is 54.9 Å². The molecule has 3 fully saturated rings. The molecule has 2 aromatic rings. The van der Waals surface area contributed by atoms with Crippen molar-refractivity contribution < 1.29 is 14.7 Å². The first-order valence-corrected chi connectivity index (χ1v) is 11.8. The molecule has 32 heavy (non-hydrogen) atoms. The van der Waals surface area contributed by atoms with Gasteiger partial charge in [-0.25, -0.2) is 0 Å². The number of aliphatic hydroxyl groups is 1. The second-order valence-corrected chi connectivity index (χ2v) is 9.57. The number of likely N-dealkylation sites (tertiary alicyclic amines) is 2. The van der Waals surface area contributed by atoms with Crippen molar-refractivity contribution in [3.05, 3.63) is 66.0 Å². The summed E-state index contributed by atoms with van der Waals surface area (Å²) in [6, 6.07) is 13.7. The summed E-state index contributed by atoms with van der Waals surface area (Å²) in [5.74, 6) is 0.332. The van der Waals surface area contributed by atoms with Gasteiger partial charge in [-0.05, 0) is 30.0 Å². The lowest BCUT2D eigenvalue weighted by molar-refractivity contribution is -0.206. The molecule has 2 amide bonds. The molecule has 0 unspecified atom stereocenters. The van der Waals surface area contributed by atoms with Crippen LogP contribution >= 0.6 is 0 Å². The summed E-state index contributed by atoms with van der Waals surface area (Å²) < 4.78 is 0. The van der Waals surface area contributed by atoms with Crippen LogP contribution in [0.4, 0.5) is 0 Å². The van der Waals surface area contributed by atoms with Crippen LogP contribution in [0.5, 0.6) is 0 Å². The number of pyridine rings is 1. The van der Waals surface area contributed by atoms with Gasteiger partial charge in [0.2, 0.25) is 11.8 Å². The highest BCUT2D eigenvalue weighted by Gasteiger charge is 2.68. The molecule has 6 nitrogen and oxygen atoms in total. The minimum atomic E-state index is -0.409. The standard InChI is InChI=1S/C26H31N3O3/c30-16-22-24(20-9-3-1-4-10-20)26(29(22)25(32)21-11-5-2-6-12-21)17-28(18-26)23(31)14-19-8-7-13-27-15-19/h1,3-4,7-10,13,15,21-22,24,30H,2,5-6,11-12,14,16-18H2/t22-,24-/m1/s1. The minimum Gasteiger partial charge on any atom is -0.394 e. The molecular weight excluding hydrogens is 402 g/mol. The van der Waals surface area contributed by atoms with E-state index in [-0.39, 0.29) is 36.3 Å². The van der Waals surface area contributed by atoms with Crippen LogP contribution in [0.1, 0.15) is 49.1 Å². The van der Waals surface area contributed by atoms with Crippen molar-refractivity contribution in [2.75, 3.05) is 19.7 Å². The highest BCUT2D eigenvalue weighted by molar-refractivity contribution is 5.85. The molecule has 6 heteroatoms. The molecule has 2 atom stereocenters. The molecule has 3 aliphatic rings. The molecule has 3 heterocycles. The van der Waals surface area contributed by atoms with Crippen molar-refractivity contribution in [1.82, 2.24) is 14.8 Å². The second kappa shape index (κ2) is 8.66. The molecule has 2 saturated heterocycles. The van der Waals surface area contributed by atoms with E-state index in [1.54, 1.807) is 12.4 Å². The summed E-state index contributed by atoms with van der Waals surface area (Å²) >= 11 is 0. The quantitative estimate of drug-likeness (QED) is 0.787. The van der Waals surface area contributed by atoms with Gasteiger partial charge in [0, 0.05) is 37.3 Å². The largest absolute Gasteiger partial charge is 0.394 e. The average molecular weight is 434 g/mol. The fourth-order valence-electron chi connectivity index (χ4n) is 6.14. The Kier molecular flexibility index (Phi) is 5.72. The number of hydrogen-bond acceptors (Lipinski definition) is 4. The zero-order chi connectivity index (χ0) is 22.1. The summed E-state index contributed by atoms with van der Waals surface area (Å²) in [4.78, 5) is 34.5. The summed E-state index contributed by atoms with van der Waals surface area (Å²) in [5, 5.41) is 10.3. The number of carbonyl (C=O) groups excluding carboxylic acids is 2. The van der Waals surface area contributed by atoms with Crippen molar-refractivity contribution in [3.8, 4) is 0 Å². The highest BCUT2D eigenvalue weighted by Crippen LogP contribution is 2.54. The van der Waals surface area contributed by atoms with Crippen molar-refractivity contribution >= 4 is 11.8 Å².